The van der Waals surface area contributed by atoms with E-state index in [4.69, 9.17) is 34.8 Å². The van der Waals surface area contributed by atoms with Crippen LogP contribution in [-0.2, 0) is 0 Å². The number of aromatic nitrogens is 1. The molecule has 2 rings (SSSR count). The second-order valence-electron chi connectivity index (χ2n) is 3.09. The molecule has 0 saturated heterocycles. The monoisotopic (exact) mass is 275 g/mol. The van der Waals surface area contributed by atoms with Crippen molar-refractivity contribution in [2.24, 2.45) is 0 Å². The summed E-state index contributed by atoms with van der Waals surface area (Å²) in [7, 11) is 0. The van der Waals surface area contributed by atoms with Gasteiger partial charge in [-0.3, -0.25) is 0 Å². The normalized spacial score (nSPS) is 10.5. The highest BCUT2D eigenvalue weighted by Gasteiger charge is 2.11. The van der Waals surface area contributed by atoms with Gasteiger partial charge in [-0.2, -0.15) is 0 Å². The molecule has 0 bridgehead atoms. The van der Waals surface area contributed by atoms with Gasteiger partial charge < -0.3 is 0 Å². The van der Waals surface area contributed by atoms with E-state index >= 15 is 0 Å². The first-order chi connectivity index (χ1) is 7.59. The van der Waals surface area contributed by atoms with Gasteiger partial charge in [-0.25, -0.2) is 9.37 Å². The maximum absolute atomic E-state index is 13.1. The summed E-state index contributed by atoms with van der Waals surface area (Å²) in [5.41, 5.74) is 0.986. The van der Waals surface area contributed by atoms with Crippen LogP contribution in [0.3, 0.4) is 0 Å². The average Bonchev–Trinajstić information content (AvgIpc) is 2.26. The summed E-state index contributed by atoms with van der Waals surface area (Å²) in [4.78, 5) is 3.71. The van der Waals surface area contributed by atoms with E-state index in [0.29, 0.717) is 21.2 Å². The number of nitrogens with zero attached hydrogens (tertiary/aromatic N) is 1. The lowest BCUT2D eigenvalue weighted by Crippen LogP contribution is -1.87. The predicted octanol–water partition coefficient (Wildman–Crippen LogP) is 4.85. The molecule has 1 nitrogen and oxygen atoms in total. The molecule has 0 aliphatic carbocycles. The number of rotatable bonds is 1. The molecule has 0 atom stereocenters. The van der Waals surface area contributed by atoms with Crippen LogP contribution in [0, 0.1) is 5.82 Å². The standard InChI is InChI=1S/C11H5Cl3FN/c12-9-3-1-2-7(10(9)13)8-4-6(15)5-16-11(8)14/h1-5H. The molecular formula is C11H5Cl3FN. The van der Waals surface area contributed by atoms with Crippen LogP contribution in [0.15, 0.2) is 30.5 Å². The second-order valence-corrected chi connectivity index (χ2v) is 4.24. The maximum atomic E-state index is 13.1. The SMILES string of the molecule is Fc1cnc(Cl)c(-c2cccc(Cl)c2Cl)c1. The zero-order valence-electron chi connectivity index (χ0n) is 7.85. The molecule has 0 aliphatic rings. The Hall–Kier alpha value is -0.830. The summed E-state index contributed by atoms with van der Waals surface area (Å²) in [6.07, 6.45) is 1.05. The van der Waals surface area contributed by atoms with Crippen molar-refractivity contribution in [3.8, 4) is 11.1 Å². The number of halogens is 4. The molecule has 2 aromatic rings. The van der Waals surface area contributed by atoms with E-state index in [1.54, 1.807) is 18.2 Å². The topological polar surface area (TPSA) is 12.9 Å². The highest BCUT2D eigenvalue weighted by Crippen LogP contribution is 2.36. The molecule has 0 unspecified atom stereocenters. The third-order valence-corrected chi connectivity index (χ3v) is 3.17. The lowest BCUT2D eigenvalue weighted by molar-refractivity contribution is 0.622. The minimum atomic E-state index is -0.476. The molecular weight excluding hydrogens is 271 g/mol. The fourth-order valence-corrected chi connectivity index (χ4v) is 1.93. The van der Waals surface area contributed by atoms with Crippen LogP contribution in [0.2, 0.25) is 15.2 Å². The van der Waals surface area contributed by atoms with E-state index in [0.717, 1.165) is 6.20 Å². The van der Waals surface area contributed by atoms with E-state index in [9.17, 15) is 4.39 Å². The van der Waals surface area contributed by atoms with Crippen molar-refractivity contribution >= 4 is 34.8 Å². The molecule has 16 heavy (non-hydrogen) atoms. The summed E-state index contributed by atoms with van der Waals surface area (Å²) in [5, 5.41) is 0.906. The molecule has 0 amide bonds. The molecule has 1 aromatic heterocycles. The Kier molecular flexibility index (Phi) is 3.33. The molecule has 82 valence electrons. The summed E-state index contributed by atoms with van der Waals surface area (Å²) in [6.45, 7) is 0. The van der Waals surface area contributed by atoms with Gasteiger partial charge in [-0.15, -0.1) is 0 Å². The van der Waals surface area contributed by atoms with E-state index < -0.39 is 5.82 Å². The Labute approximate surface area is 107 Å². The van der Waals surface area contributed by atoms with Crippen LogP contribution in [-0.4, -0.2) is 4.98 Å². The van der Waals surface area contributed by atoms with Crippen molar-refractivity contribution in [2.75, 3.05) is 0 Å². The molecule has 1 aromatic carbocycles. The molecule has 0 N–H and O–H groups in total. The van der Waals surface area contributed by atoms with Gasteiger partial charge in [0.05, 0.1) is 16.2 Å². The van der Waals surface area contributed by atoms with E-state index in [-0.39, 0.29) is 5.15 Å². The van der Waals surface area contributed by atoms with Gasteiger partial charge in [-0.05, 0) is 12.1 Å². The molecule has 1 heterocycles. The molecule has 0 aliphatic heterocycles. The third kappa shape index (κ3) is 2.14. The van der Waals surface area contributed by atoms with Crippen LogP contribution in [0.4, 0.5) is 4.39 Å². The van der Waals surface area contributed by atoms with Gasteiger partial charge in [0.25, 0.3) is 0 Å². The van der Waals surface area contributed by atoms with Gasteiger partial charge in [0, 0.05) is 11.1 Å². The van der Waals surface area contributed by atoms with E-state index in [1.807, 2.05) is 0 Å². The Morgan fingerprint density at radius 2 is 1.81 bits per heavy atom. The van der Waals surface area contributed by atoms with Crippen LogP contribution < -0.4 is 0 Å². The number of hydrogen-bond acceptors (Lipinski definition) is 1. The minimum absolute atomic E-state index is 0.186. The zero-order chi connectivity index (χ0) is 11.7. The first kappa shape index (κ1) is 11.6. The fourth-order valence-electron chi connectivity index (χ4n) is 1.32. The van der Waals surface area contributed by atoms with Gasteiger partial charge in [0.2, 0.25) is 0 Å². The Morgan fingerprint density at radius 1 is 1.06 bits per heavy atom. The molecule has 0 radical (unpaired) electrons. The smallest absolute Gasteiger partial charge is 0.142 e. The Morgan fingerprint density at radius 3 is 2.56 bits per heavy atom. The summed E-state index contributed by atoms with van der Waals surface area (Å²) < 4.78 is 13.1. The fraction of sp³-hybridized carbons (Fsp3) is 0. The highest BCUT2D eigenvalue weighted by atomic mass is 35.5. The maximum Gasteiger partial charge on any atom is 0.142 e. The quantitative estimate of drug-likeness (QED) is 0.679. The van der Waals surface area contributed by atoms with E-state index in [2.05, 4.69) is 4.98 Å². The molecule has 0 saturated carbocycles. The molecule has 5 heteroatoms. The van der Waals surface area contributed by atoms with Gasteiger partial charge in [0.15, 0.2) is 0 Å². The predicted molar refractivity (Wildman–Crippen MR) is 64.7 cm³/mol. The molecule has 0 spiro atoms. The Balaban J connectivity index is 2.67. The van der Waals surface area contributed by atoms with Gasteiger partial charge in [-0.1, -0.05) is 46.9 Å². The lowest BCUT2D eigenvalue weighted by Gasteiger charge is -2.07. The first-order valence-electron chi connectivity index (χ1n) is 4.35. The molecule has 0 fully saturated rings. The van der Waals surface area contributed by atoms with Gasteiger partial charge in [0.1, 0.15) is 11.0 Å². The summed E-state index contributed by atoms with van der Waals surface area (Å²) >= 11 is 17.8. The van der Waals surface area contributed by atoms with Crippen molar-refractivity contribution in [3.05, 3.63) is 51.5 Å². The third-order valence-electron chi connectivity index (χ3n) is 2.05. The second kappa shape index (κ2) is 4.58. The van der Waals surface area contributed by atoms with Crippen molar-refractivity contribution in [1.82, 2.24) is 4.98 Å². The summed E-state index contributed by atoms with van der Waals surface area (Å²) in [6, 6.07) is 6.34. The Bertz CT molecular complexity index is 543. The van der Waals surface area contributed by atoms with Crippen molar-refractivity contribution in [1.29, 1.82) is 0 Å². The van der Waals surface area contributed by atoms with Crippen LogP contribution in [0.5, 0.6) is 0 Å². The van der Waals surface area contributed by atoms with Gasteiger partial charge >= 0.3 is 0 Å². The highest BCUT2D eigenvalue weighted by molar-refractivity contribution is 6.44. The van der Waals surface area contributed by atoms with Crippen LogP contribution in [0.25, 0.3) is 11.1 Å². The largest absolute Gasteiger partial charge is 0.241 e. The summed E-state index contributed by atoms with van der Waals surface area (Å²) in [5.74, 6) is -0.476. The van der Waals surface area contributed by atoms with E-state index in [1.165, 1.54) is 6.07 Å². The number of pyridine rings is 1. The number of hydrogen-bond donors (Lipinski definition) is 0. The van der Waals surface area contributed by atoms with Crippen LogP contribution >= 0.6 is 34.8 Å². The van der Waals surface area contributed by atoms with Crippen molar-refractivity contribution in [2.45, 2.75) is 0 Å². The van der Waals surface area contributed by atoms with Crippen LogP contribution in [0.1, 0.15) is 0 Å². The number of benzene rings is 1. The average molecular weight is 277 g/mol. The van der Waals surface area contributed by atoms with Crippen molar-refractivity contribution in [3.63, 3.8) is 0 Å². The minimum Gasteiger partial charge on any atom is -0.241 e. The zero-order valence-corrected chi connectivity index (χ0v) is 10.1. The van der Waals surface area contributed by atoms with Crippen molar-refractivity contribution < 1.29 is 4.39 Å². The lowest BCUT2D eigenvalue weighted by atomic mass is 10.1. The first-order valence-corrected chi connectivity index (χ1v) is 5.48.